The van der Waals surface area contributed by atoms with E-state index < -0.39 is 0 Å². The molecule has 1 N–H and O–H groups in total. The highest BCUT2D eigenvalue weighted by Crippen LogP contribution is 2.28. The van der Waals surface area contributed by atoms with E-state index in [1.807, 2.05) is 26.0 Å². The maximum atomic E-state index is 11.0. The lowest BCUT2D eigenvalue weighted by molar-refractivity contribution is -0.384. The number of benzene rings is 1. The molecule has 21 heavy (non-hydrogen) atoms. The third-order valence-corrected chi connectivity index (χ3v) is 3.78. The summed E-state index contributed by atoms with van der Waals surface area (Å²) in [5.74, 6) is 0.591. The normalized spacial score (nSPS) is 10.4. The van der Waals surface area contributed by atoms with Crippen LogP contribution in [0.15, 0.2) is 29.4 Å². The number of aryl methyl sites for hydroxylation is 2. The van der Waals surface area contributed by atoms with Gasteiger partial charge in [-0.1, -0.05) is 17.8 Å². The van der Waals surface area contributed by atoms with Crippen molar-refractivity contribution >= 4 is 23.1 Å². The van der Waals surface area contributed by atoms with Crippen LogP contribution in [-0.2, 0) is 5.75 Å². The van der Waals surface area contributed by atoms with Gasteiger partial charge < -0.3 is 5.32 Å². The Hall–Kier alpha value is -2.15. The average Bonchev–Trinajstić information content (AvgIpc) is 2.43. The lowest BCUT2D eigenvalue weighted by Crippen LogP contribution is -1.98. The Bertz CT molecular complexity index is 656. The van der Waals surface area contributed by atoms with Gasteiger partial charge in [-0.25, -0.2) is 9.97 Å². The predicted molar refractivity (Wildman–Crippen MR) is 83.7 cm³/mol. The van der Waals surface area contributed by atoms with Gasteiger partial charge in [-0.05, 0) is 31.5 Å². The molecule has 7 heteroatoms. The van der Waals surface area contributed by atoms with E-state index in [0.717, 1.165) is 17.0 Å². The minimum atomic E-state index is -0.382. The molecule has 1 heterocycles. The zero-order valence-electron chi connectivity index (χ0n) is 12.1. The highest BCUT2D eigenvalue weighted by molar-refractivity contribution is 7.98. The van der Waals surface area contributed by atoms with Gasteiger partial charge in [0.25, 0.3) is 5.69 Å². The number of anilines is 1. The largest absolute Gasteiger partial charge is 0.383 e. The Morgan fingerprint density at radius 1 is 1.24 bits per heavy atom. The van der Waals surface area contributed by atoms with Crippen molar-refractivity contribution in [2.24, 2.45) is 0 Å². The van der Waals surface area contributed by atoms with Gasteiger partial charge in [0.15, 0.2) is 5.16 Å². The van der Waals surface area contributed by atoms with Crippen LogP contribution in [0.1, 0.15) is 17.0 Å². The average molecular weight is 304 g/mol. The van der Waals surface area contributed by atoms with E-state index in [-0.39, 0.29) is 10.6 Å². The van der Waals surface area contributed by atoms with Crippen molar-refractivity contribution in [1.82, 2.24) is 9.97 Å². The van der Waals surface area contributed by atoms with E-state index in [0.29, 0.717) is 16.6 Å². The molecule has 1 aromatic heterocycles. The Morgan fingerprint density at radius 3 is 2.48 bits per heavy atom. The van der Waals surface area contributed by atoms with E-state index in [9.17, 15) is 10.1 Å². The molecule has 0 bridgehead atoms. The third kappa shape index (κ3) is 3.91. The molecule has 0 amide bonds. The maximum Gasteiger partial charge on any atom is 0.292 e. The highest BCUT2D eigenvalue weighted by Gasteiger charge is 2.13. The van der Waals surface area contributed by atoms with Crippen molar-refractivity contribution < 1.29 is 4.92 Å². The molecule has 0 unspecified atom stereocenters. The Labute approximate surface area is 127 Å². The third-order valence-electron chi connectivity index (χ3n) is 2.86. The fraction of sp³-hybridized carbons (Fsp3) is 0.286. The Balaban J connectivity index is 2.16. The van der Waals surface area contributed by atoms with Gasteiger partial charge in [-0.3, -0.25) is 10.1 Å². The van der Waals surface area contributed by atoms with Crippen LogP contribution >= 0.6 is 11.8 Å². The fourth-order valence-corrected chi connectivity index (χ4v) is 2.83. The zero-order chi connectivity index (χ0) is 15.4. The van der Waals surface area contributed by atoms with Crippen molar-refractivity contribution in [3.63, 3.8) is 0 Å². The summed E-state index contributed by atoms with van der Waals surface area (Å²) in [6, 6.07) is 7.09. The van der Waals surface area contributed by atoms with Gasteiger partial charge in [-0.15, -0.1) is 0 Å². The summed E-state index contributed by atoms with van der Waals surface area (Å²) in [5, 5.41) is 14.5. The molecule has 0 radical (unpaired) electrons. The molecule has 0 saturated carbocycles. The summed E-state index contributed by atoms with van der Waals surface area (Å²) in [6.07, 6.45) is 0. The first kappa shape index (κ1) is 15.2. The lowest BCUT2D eigenvalue weighted by atomic mass is 10.2. The quantitative estimate of drug-likeness (QED) is 0.395. The van der Waals surface area contributed by atoms with Gasteiger partial charge in [0, 0.05) is 30.3 Å². The predicted octanol–water partition coefficient (Wildman–Crippen LogP) is 3.34. The van der Waals surface area contributed by atoms with Crippen LogP contribution in [0, 0.1) is 24.0 Å². The number of nitrogens with one attached hydrogen (secondary N) is 1. The number of hydrogen-bond acceptors (Lipinski definition) is 6. The number of aromatic nitrogens is 2. The monoisotopic (exact) mass is 304 g/mol. The molecule has 1 aromatic carbocycles. The van der Waals surface area contributed by atoms with Gasteiger partial charge in [0.2, 0.25) is 0 Å². The molecular weight excluding hydrogens is 288 g/mol. The molecule has 0 aliphatic rings. The van der Waals surface area contributed by atoms with Gasteiger partial charge in [-0.2, -0.15) is 0 Å². The number of nitro groups is 1. The summed E-state index contributed by atoms with van der Waals surface area (Å²) in [7, 11) is 1.67. The van der Waals surface area contributed by atoms with E-state index in [4.69, 9.17) is 0 Å². The van der Waals surface area contributed by atoms with Crippen molar-refractivity contribution in [2.45, 2.75) is 24.8 Å². The second-order valence-electron chi connectivity index (χ2n) is 4.58. The van der Waals surface area contributed by atoms with E-state index in [1.54, 1.807) is 19.2 Å². The summed E-state index contributed by atoms with van der Waals surface area (Å²) < 4.78 is 0. The van der Waals surface area contributed by atoms with Crippen LogP contribution < -0.4 is 5.32 Å². The summed E-state index contributed by atoms with van der Waals surface area (Å²) in [5.41, 5.74) is 3.30. The smallest absolute Gasteiger partial charge is 0.292 e. The summed E-state index contributed by atoms with van der Waals surface area (Å²) >= 11 is 1.47. The first-order valence-corrected chi connectivity index (χ1v) is 7.38. The number of hydrogen-bond donors (Lipinski definition) is 1. The molecule has 110 valence electrons. The number of nitro benzene ring substituents is 1. The van der Waals surface area contributed by atoms with Crippen molar-refractivity contribution in [3.8, 4) is 0 Å². The lowest BCUT2D eigenvalue weighted by Gasteiger charge is -2.06. The number of rotatable bonds is 5. The van der Waals surface area contributed by atoms with E-state index in [1.165, 1.54) is 11.8 Å². The molecule has 0 atom stereocenters. The first-order chi connectivity index (χ1) is 9.99. The fourth-order valence-electron chi connectivity index (χ4n) is 1.94. The Kier molecular flexibility index (Phi) is 4.74. The van der Waals surface area contributed by atoms with Gasteiger partial charge in [0.1, 0.15) is 5.69 Å². The topological polar surface area (TPSA) is 81.0 Å². The van der Waals surface area contributed by atoms with Crippen molar-refractivity contribution in [1.29, 1.82) is 0 Å². The van der Waals surface area contributed by atoms with Crippen molar-refractivity contribution in [2.75, 3.05) is 12.4 Å². The molecule has 0 spiro atoms. The minimum absolute atomic E-state index is 0.0805. The second kappa shape index (κ2) is 6.53. The van der Waals surface area contributed by atoms with E-state index in [2.05, 4.69) is 15.3 Å². The molecule has 0 aliphatic heterocycles. The van der Waals surface area contributed by atoms with Crippen LogP contribution in [0.3, 0.4) is 0 Å². The highest BCUT2D eigenvalue weighted by atomic mass is 32.2. The summed E-state index contributed by atoms with van der Waals surface area (Å²) in [4.78, 5) is 19.3. The number of nitrogens with zero attached hydrogens (tertiary/aromatic N) is 3. The van der Waals surface area contributed by atoms with Gasteiger partial charge in [0.05, 0.1) is 4.92 Å². The number of thioether (sulfide) groups is 1. The van der Waals surface area contributed by atoms with Crippen LogP contribution in [0.2, 0.25) is 0 Å². The molecule has 6 nitrogen and oxygen atoms in total. The molecule has 0 fully saturated rings. The minimum Gasteiger partial charge on any atom is -0.383 e. The van der Waals surface area contributed by atoms with E-state index >= 15 is 0 Å². The molecular formula is C14H16N4O2S. The van der Waals surface area contributed by atoms with Crippen LogP contribution in [0.4, 0.5) is 11.4 Å². The molecule has 2 aromatic rings. The molecule has 0 saturated heterocycles. The molecule has 0 aliphatic carbocycles. The van der Waals surface area contributed by atoms with Crippen molar-refractivity contribution in [3.05, 3.63) is 51.3 Å². The summed E-state index contributed by atoms with van der Waals surface area (Å²) in [6.45, 7) is 3.84. The maximum absolute atomic E-state index is 11.0. The first-order valence-electron chi connectivity index (χ1n) is 6.39. The Morgan fingerprint density at radius 2 is 1.90 bits per heavy atom. The SMILES string of the molecule is CNc1ccc(CSc2nc(C)cc(C)n2)cc1[N+](=O)[O-]. The molecule has 2 rings (SSSR count). The van der Waals surface area contributed by atoms with Crippen LogP contribution in [-0.4, -0.2) is 21.9 Å². The zero-order valence-corrected chi connectivity index (χ0v) is 12.9. The van der Waals surface area contributed by atoms with Crippen LogP contribution in [0.5, 0.6) is 0 Å². The van der Waals surface area contributed by atoms with Crippen LogP contribution in [0.25, 0.3) is 0 Å². The second-order valence-corrected chi connectivity index (χ2v) is 5.52. The standard InChI is InChI=1S/C14H16N4O2S/c1-9-6-10(2)17-14(16-9)21-8-11-4-5-12(15-3)13(7-11)18(19)20/h4-7,15H,8H2,1-3H3. The van der Waals surface area contributed by atoms with Gasteiger partial charge >= 0.3 is 0 Å².